The fourth-order valence-electron chi connectivity index (χ4n) is 1.25. The van der Waals surface area contributed by atoms with Gasteiger partial charge in [0.1, 0.15) is 0 Å². The fourth-order valence-corrected chi connectivity index (χ4v) is 1.95. The molecule has 0 bridgehead atoms. The maximum absolute atomic E-state index is 11.8. The van der Waals surface area contributed by atoms with Gasteiger partial charge in [-0.2, -0.15) is 0 Å². The lowest BCUT2D eigenvalue weighted by Crippen LogP contribution is -2.13. The van der Waals surface area contributed by atoms with Gasteiger partial charge in [-0.3, -0.25) is 4.79 Å². The molecule has 3 nitrogen and oxygen atoms in total. The van der Waals surface area contributed by atoms with Crippen LogP contribution in [0.1, 0.15) is 27.6 Å². The van der Waals surface area contributed by atoms with E-state index >= 15 is 0 Å². The van der Waals surface area contributed by atoms with E-state index in [0.717, 1.165) is 4.90 Å². The number of benzene rings is 1. The quantitative estimate of drug-likeness (QED) is 0.513. The van der Waals surface area contributed by atoms with Gasteiger partial charge in [0, 0.05) is 10.5 Å². The van der Waals surface area contributed by atoms with Crippen molar-refractivity contribution in [1.29, 1.82) is 0 Å². The van der Waals surface area contributed by atoms with Crippen molar-refractivity contribution in [3.63, 3.8) is 0 Å². The first-order valence-electron chi connectivity index (χ1n) is 4.57. The van der Waals surface area contributed by atoms with Gasteiger partial charge in [0.25, 0.3) is 0 Å². The van der Waals surface area contributed by atoms with Crippen molar-refractivity contribution in [1.82, 2.24) is 0 Å². The number of hydrogen-bond acceptors (Lipinski definition) is 3. The Kier molecular flexibility index (Phi) is 4.38. The molecule has 1 aromatic carbocycles. The summed E-state index contributed by atoms with van der Waals surface area (Å²) in [5, 5.41) is 8.18. The van der Waals surface area contributed by atoms with E-state index in [1.165, 1.54) is 23.9 Å². The average molecular weight is 259 g/mol. The summed E-state index contributed by atoms with van der Waals surface area (Å²) in [6.45, 7) is 1.57. The molecular weight excluding hydrogens is 248 g/mol. The molecule has 5 heteroatoms. The van der Waals surface area contributed by atoms with Gasteiger partial charge in [0.2, 0.25) is 0 Å². The Hall–Kier alpha value is -1.000. The summed E-state index contributed by atoms with van der Waals surface area (Å²) in [4.78, 5) is 23.3. The van der Waals surface area contributed by atoms with Crippen LogP contribution in [0.2, 0.25) is 0 Å². The Morgan fingerprint density at radius 2 is 2.06 bits per heavy atom. The molecule has 86 valence electrons. The van der Waals surface area contributed by atoms with E-state index in [4.69, 9.17) is 16.7 Å². The van der Waals surface area contributed by atoms with Gasteiger partial charge in [-0.25, -0.2) is 4.79 Å². The van der Waals surface area contributed by atoms with Crippen LogP contribution in [0.25, 0.3) is 0 Å². The minimum Gasteiger partial charge on any atom is -0.478 e. The van der Waals surface area contributed by atoms with E-state index < -0.39 is 11.3 Å². The monoisotopic (exact) mass is 258 g/mol. The predicted octanol–water partition coefficient (Wildman–Crippen LogP) is 2.92. The maximum atomic E-state index is 11.8. The number of carboxylic acids is 1. The number of Topliss-reactive ketones (excluding diaryl/α,β-unsaturated/α-hetero) is 1. The molecule has 1 unspecified atom stereocenters. The number of carbonyl (C=O) groups is 2. The number of carbonyl (C=O) groups excluding carboxylic acids is 1. The van der Waals surface area contributed by atoms with Gasteiger partial charge < -0.3 is 5.11 Å². The van der Waals surface area contributed by atoms with Crippen LogP contribution >= 0.6 is 23.4 Å². The van der Waals surface area contributed by atoms with Crippen LogP contribution in [-0.4, -0.2) is 28.5 Å². The normalized spacial score (nSPS) is 12.2. The zero-order valence-electron chi connectivity index (χ0n) is 8.86. The Morgan fingerprint density at radius 3 is 2.50 bits per heavy atom. The van der Waals surface area contributed by atoms with Crippen LogP contribution in [0, 0.1) is 0 Å². The van der Waals surface area contributed by atoms with Gasteiger partial charge in [-0.1, -0.05) is 0 Å². The SMILES string of the molecule is CSc1ccc(C(=O)O)cc1C(=O)C(C)Cl. The lowest BCUT2D eigenvalue weighted by atomic mass is 10.1. The molecule has 0 aromatic heterocycles. The first kappa shape index (κ1) is 13.1. The van der Waals surface area contributed by atoms with Crippen molar-refractivity contribution in [2.24, 2.45) is 0 Å². The molecule has 0 radical (unpaired) electrons. The highest BCUT2D eigenvalue weighted by atomic mass is 35.5. The summed E-state index contributed by atoms with van der Waals surface area (Å²) < 4.78 is 0. The van der Waals surface area contributed by atoms with Crippen LogP contribution < -0.4 is 0 Å². The molecule has 1 atom stereocenters. The van der Waals surface area contributed by atoms with Crippen LogP contribution in [0.3, 0.4) is 0 Å². The predicted molar refractivity (Wildman–Crippen MR) is 64.8 cm³/mol. The lowest BCUT2D eigenvalue weighted by molar-refractivity contribution is 0.0697. The first-order valence-corrected chi connectivity index (χ1v) is 6.23. The second-order valence-electron chi connectivity index (χ2n) is 3.20. The number of ketones is 1. The van der Waals surface area contributed by atoms with Crippen molar-refractivity contribution in [3.8, 4) is 0 Å². The van der Waals surface area contributed by atoms with E-state index in [2.05, 4.69) is 0 Å². The Bertz CT molecular complexity index is 429. The molecule has 0 aliphatic carbocycles. The average Bonchev–Trinajstić information content (AvgIpc) is 2.26. The second-order valence-corrected chi connectivity index (χ2v) is 4.70. The third-order valence-corrected chi connectivity index (χ3v) is 3.07. The van der Waals surface area contributed by atoms with Crippen molar-refractivity contribution in [2.75, 3.05) is 6.26 Å². The third kappa shape index (κ3) is 2.77. The van der Waals surface area contributed by atoms with Crippen molar-refractivity contribution >= 4 is 35.1 Å². The Balaban J connectivity index is 3.27. The number of thioether (sulfide) groups is 1. The van der Waals surface area contributed by atoms with Crippen molar-refractivity contribution in [2.45, 2.75) is 17.2 Å². The number of halogens is 1. The van der Waals surface area contributed by atoms with Crippen LogP contribution in [0.4, 0.5) is 0 Å². The zero-order valence-corrected chi connectivity index (χ0v) is 10.4. The summed E-state index contributed by atoms with van der Waals surface area (Å²) >= 11 is 7.11. The van der Waals surface area contributed by atoms with Crippen LogP contribution in [0.5, 0.6) is 0 Å². The lowest BCUT2D eigenvalue weighted by Gasteiger charge is -2.08. The zero-order chi connectivity index (χ0) is 12.3. The molecule has 0 saturated heterocycles. The molecule has 0 saturated carbocycles. The molecule has 0 spiro atoms. The highest BCUT2D eigenvalue weighted by Gasteiger charge is 2.18. The third-order valence-electron chi connectivity index (χ3n) is 2.07. The second kappa shape index (κ2) is 5.37. The molecule has 16 heavy (non-hydrogen) atoms. The van der Waals surface area contributed by atoms with Gasteiger partial charge in [-0.05, 0) is 31.4 Å². The number of carboxylic acid groups (broad SMARTS) is 1. The fraction of sp³-hybridized carbons (Fsp3) is 0.273. The molecule has 0 amide bonds. The topological polar surface area (TPSA) is 54.4 Å². The van der Waals surface area contributed by atoms with E-state index in [1.54, 1.807) is 13.0 Å². The number of aromatic carboxylic acids is 1. The van der Waals surface area contributed by atoms with Crippen LogP contribution in [-0.2, 0) is 0 Å². The highest BCUT2D eigenvalue weighted by molar-refractivity contribution is 7.98. The van der Waals surface area contributed by atoms with Gasteiger partial charge in [0.15, 0.2) is 5.78 Å². The summed E-state index contributed by atoms with van der Waals surface area (Å²) in [6, 6.07) is 4.47. The molecule has 0 heterocycles. The molecule has 1 N–H and O–H groups in total. The molecule has 0 aliphatic heterocycles. The Morgan fingerprint density at radius 1 is 1.44 bits per heavy atom. The number of alkyl halides is 1. The van der Waals surface area contributed by atoms with Crippen molar-refractivity contribution in [3.05, 3.63) is 29.3 Å². The smallest absolute Gasteiger partial charge is 0.335 e. The van der Waals surface area contributed by atoms with Crippen LogP contribution in [0.15, 0.2) is 23.1 Å². The van der Waals surface area contributed by atoms with E-state index in [0.29, 0.717) is 5.56 Å². The largest absolute Gasteiger partial charge is 0.478 e. The maximum Gasteiger partial charge on any atom is 0.335 e. The molecule has 0 fully saturated rings. The number of rotatable bonds is 4. The van der Waals surface area contributed by atoms with Gasteiger partial charge >= 0.3 is 5.97 Å². The van der Waals surface area contributed by atoms with Gasteiger partial charge in [0.05, 0.1) is 10.9 Å². The standard InChI is InChI=1S/C11H11ClO3S/c1-6(12)10(13)8-5-7(11(14)15)3-4-9(8)16-2/h3-6H,1-2H3,(H,14,15). The van der Waals surface area contributed by atoms with E-state index in [9.17, 15) is 9.59 Å². The number of hydrogen-bond donors (Lipinski definition) is 1. The van der Waals surface area contributed by atoms with Crippen molar-refractivity contribution < 1.29 is 14.7 Å². The molecular formula is C11H11ClO3S. The minimum absolute atomic E-state index is 0.0958. The summed E-state index contributed by atoms with van der Waals surface area (Å²) in [5.41, 5.74) is 0.466. The molecule has 0 aliphatic rings. The first-order chi connectivity index (χ1) is 7.47. The minimum atomic E-state index is -1.05. The Labute approximate surface area is 103 Å². The summed E-state index contributed by atoms with van der Waals surface area (Å²) in [6.07, 6.45) is 1.82. The molecule has 1 rings (SSSR count). The van der Waals surface area contributed by atoms with Gasteiger partial charge in [-0.15, -0.1) is 23.4 Å². The summed E-state index contributed by atoms with van der Waals surface area (Å²) in [7, 11) is 0. The van der Waals surface area contributed by atoms with E-state index in [1.807, 2.05) is 6.26 Å². The highest BCUT2D eigenvalue weighted by Crippen LogP contribution is 2.24. The van der Waals surface area contributed by atoms with E-state index in [-0.39, 0.29) is 11.3 Å². The summed E-state index contributed by atoms with van der Waals surface area (Å²) in [5.74, 6) is -1.31. The molecule has 1 aromatic rings.